The summed E-state index contributed by atoms with van der Waals surface area (Å²) in [5, 5.41) is 5.47. The number of benzene rings is 1. The molecule has 1 aromatic carbocycles. The normalized spacial score (nSPS) is 15.3. The lowest BCUT2D eigenvalue weighted by molar-refractivity contribution is -0.122. The molecule has 1 aliphatic rings. The van der Waals surface area contributed by atoms with Crippen molar-refractivity contribution in [3.05, 3.63) is 23.8 Å². The Kier molecular flexibility index (Phi) is 4.12. The van der Waals surface area contributed by atoms with Crippen molar-refractivity contribution in [3.8, 4) is 5.75 Å². The predicted octanol–water partition coefficient (Wildman–Crippen LogP) is 0.674. The van der Waals surface area contributed by atoms with Gasteiger partial charge in [-0.2, -0.15) is 0 Å². The molecular weight excluding hydrogens is 258 g/mol. The molecule has 1 atom stereocenters. The molecule has 0 saturated heterocycles. The van der Waals surface area contributed by atoms with Gasteiger partial charge in [0.05, 0.1) is 12.7 Å². The molecule has 0 spiro atoms. The van der Waals surface area contributed by atoms with Crippen LogP contribution < -0.4 is 21.1 Å². The van der Waals surface area contributed by atoms with Crippen molar-refractivity contribution < 1.29 is 14.3 Å². The molecule has 4 N–H and O–H groups in total. The first kappa shape index (κ1) is 14.2. The monoisotopic (exact) mass is 277 g/mol. The molecule has 1 fully saturated rings. The summed E-state index contributed by atoms with van der Waals surface area (Å²) in [6.45, 7) is 1.64. The third-order valence-electron chi connectivity index (χ3n) is 3.17. The number of hydrogen-bond donors (Lipinski definition) is 3. The van der Waals surface area contributed by atoms with E-state index in [9.17, 15) is 9.59 Å². The lowest BCUT2D eigenvalue weighted by Crippen LogP contribution is -2.45. The molecule has 0 heterocycles. The molecule has 0 aliphatic heterocycles. The van der Waals surface area contributed by atoms with E-state index in [0.29, 0.717) is 17.0 Å². The summed E-state index contributed by atoms with van der Waals surface area (Å²) in [5.41, 5.74) is 6.42. The Bertz CT molecular complexity index is 526. The fourth-order valence-corrected chi connectivity index (χ4v) is 1.75. The Morgan fingerprint density at radius 3 is 2.70 bits per heavy atom. The highest BCUT2D eigenvalue weighted by Gasteiger charge is 2.26. The number of amides is 2. The van der Waals surface area contributed by atoms with Gasteiger partial charge in [-0.15, -0.1) is 0 Å². The van der Waals surface area contributed by atoms with E-state index in [-0.39, 0.29) is 17.9 Å². The molecule has 1 aromatic rings. The highest BCUT2D eigenvalue weighted by atomic mass is 16.5. The van der Waals surface area contributed by atoms with Crippen molar-refractivity contribution in [2.24, 2.45) is 0 Å². The number of anilines is 1. The molecule has 6 heteroatoms. The van der Waals surface area contributed by atoms with Crippen LogP contribution in [0.5, 0.6) is 5.75 Å². The van der Waals surface area contributed by atoms with E-state index in [1.165, 1.54) is 7.11 Å². The first-order valence-electron chi connectivity index (χ1n) is 6.56. The van der Waals surface area contributed by atoms with Crippen molar-refractivity contribution in [2.75, 3.05) is 12.8 Å². The minimum Gasteiger partial charge on any atom is -0.497 e. The van der Waals surface area contributed by atoms with Crippen LogP contribution in [0.4, 0.5) is 5.69 Å². The van der Waals surface area contributed by atoms with Crippen molar-refractivity contribution in [1.82, 2.24) is 10.6 Å². The zero-order chi connectivity index (χ0) is 14.7. The lowest BCUT2D eigenvalue weighted by Gasteiger charge is -2.15. The minimum absolute atomic E-state index is 0.178. The number of methoxy groups -OCH3 is 1. The number of carbonyl (C=O) groups excluding carboxylic acids is 2. The Morgan fingerprint density at radius 2 is 2.10 bits per heavy atom. The van der Waals surface area contributed by atoms with E-state index < -0.39 is 6.04 Å². The van der Waals surface area contributed by atoms with Gasteiger partial charge in [-0.1, -0.05) is 0 Å². The van der Waals surface area contributed by atoms with Gasteiger partial charge in [0.15, 0.2) is 0 Å². The number of ether oxygens (including phenoxy) is 1. The second kappa shape index (κ2) is 5.81. The molecular formula is C14H19N3O3. The van der Waals surface area contributed by atoms with Gasteiger partial charge in [-0.05, 0) is 38.0 Å². The van der Waals surface area contributed by atoms with Crippen LogP contribution >= 0.6 is 0 Å². The van der Waals surface area contributed by atoms with Crippen molar-refractivity contribution in [3.63, 3.8) is 0 Å². The fourth-order valence-electron chi connectivity index (χ4n) is 1.75. The molecule has 108 valence electrons. The van der Waals surface area contributed by atoms with Crippen molar-refractivity contribution >= 4 is 17.5 Å². The summed E-state index contributed by atoms with van der Waals surface area (Å²) in [6.07, 6.45) is 2.02. The Balaban J connectivity index is 2.01. The number of carbonyl (C=O) groups is 2. The fraction of sp³-hybridized carbons (Fsp3) is 0.429. The van der Waals surface area contributed by atoms with Crippen LogP contribution in [-0.4, -0.2) is 31.0 Å². The van der Waals surface area contributed by atoms with Crippen LogP contribution in [0.25, 0.3) is 0 Å². The SMILES string of the molecule is COc1ccc(N)c(C(=O)NC(C)C(=O)NC2CC2)c1. The van der Waals surface area contributed by atoms with E-state index in [0.717, 1.165) is 12.8 Å². The summed E-state index contributed by atoms with van der Waals surface area (Å²) in [7, 11) is 1.51. The smallest absolute Gasteiger partial charge is 0.254 e. The number of nitrogen functional groups attached to an aromatic ring is 1. The summed E-state index contributed by atoms with van der Waals surface area (Å²) in [6, 6.07) is 4.49. The quantitative estimate of drug-likeness (QED) is 0.690. The molecule has 6 nitrogen and oxygen atoms in total. The Hall–Kier alpha value is -2.24. The van der Waals surface area contributed by atoms with Crippen LogP contribution in [-0.2, 0) is 4.79 Å². The van der Waals surface area contributed by atoms with Gasteiger partial charge in [0.2, 0.25) is 5.91 Å². The van der Waals surface area contributed by atoms with Crippen molar-refractivity contribution in [1.29, 1.82) is 0 Å². The number of hydrogen-bond acceptors (Lipinski definition) is 4. The maximum absolute atomic E-state index is 12.1. The van der Waals surface area contributed by atoms with Gasteiger partial charge >= 0.3 is 0 Å². The highest BCUT2D eigenvalue weighted by molar-refractivity contribution is 6.01. The molecule has 0 bridgehead atoms. The second-order valence-electron chi connectivity index (χ2n) is 4.93. The van der Waals surface area contributed by atoms with Crippen LogP contribution in [0.15, 0.2) is 18.2 Å². The summed E-state index contributed by atoms with van der Waals surface area (Å²) in [4.78, 5) is 23.9. The zero-order valence-corrected chi connectivity index (χ0v) is 11.6. The van der Waals surface area contributed by atoms with Gasteiger partial charge in [-0.25, -0.2) is 0 Å². The topological polar surface area (TPSA) is 93.4 Å². The summed E-state index contributed by atoms with van der Waals surface area (Å²) in [5.74, 6) is -0.0263. The molecule has 1 aliphatic carbocycles. The van der Waals surface area contributed by atoms with E-state index in [4.69, 9.17) is 10.5 Å². The first-order chi connectivity index (χ1) is 9.51. The van der Waals surface area contributed by atoms with E-state index in [1.807, 2.05) is 0 Å². The van der Waals surface area contributed by atoms with E-state index in [2.05, 4.69) is 10.6 Å². The molecule has 20 heavy (non-hydrogen) atoms. The van der Waals surface area contributed by atoms with Crippen molar-refractivity contribution in [2.45, 2.75) is 31.8 Å². The molecule has 1 saturated carbocycles. The second-order valence-corrected chi connectivity index (χ2v) is 4.93. The summed E-state index contributed by atoms with van der Waals surface area (Å²) >= 11 is 0. The number of rotatable bonds is 5. The van der Waals surface area contributed by atoms with Crippen LogP contribution in [0.1, 0.15) is 30.1 Å². The average molecular weight is 277 g/mol. The van der Waals surface area contributed by atoms with Gasteiger partial charge < -0.3 is 21.1 Å². The third kappa shape index (κ3) is 3.40. The predicted molar refractivity (Wildman–Crippen MR) is 75.5 cm³/mol. The molecule has 2 rings (SSSR count). The minimum atomic E-state index is -0.603. The van der Waals surface area contributed by atoms with Crippen LogP contribution in [0.2, 0.25) is 0 Å². The third-order valence-corrected chi connectivity index (χ3v) is 3.17. The number of nitrogens with two attached hydrogens (primary N) is 1. The average Bonchev–Trinajstić information content (AvgIpc) is 3.23. The number of nitrogens with one attached hydrogen (secondary N) is 2. The van der Waals surface area contributed by atoms with Gasteiger partial charge in [0.25, 0.3) is 5.91 Å². The first-order valence-corrected chi connectivity index (χ1v) is 6.56. The lowest BCUT2D eigenvalue weighted by atomic mass is 10.1. The maximum atomic E-state index is 12.1. The van der Waals surface area contributed by atoms with E-state index >= 15 is 0 Å². The van der Waals surface area contributed by atoms with Gasteiger partial charge in [0.1, 0.15) is 11.8 Å². The Morgan fingerprint density at radius 1 is 1.40 bits per heavy atom. The zero-order valence-electron chi connectivity index (χ0n) is 11.6. The van der Waals surface area contributed by atoms with Crippen LogP contribution in [0.3, 0.4) is 0 Å². The van der Waals surface area contributed by atoms with Gasteiger partial charge in [0, 0.05) is 11.7 Å². The molecule has 0 aromatic heterocycles. The molecule has 1 unspecified atom stereocenters. The molecule has 2 amide bonds. The van der Waals surface area contributed by atoms with E-state index in [1.54, 1.807) is 25.1 Å². The summed E-state index contributed by atoms with van der Waals surface area (Å²) < 4.78 is 5.06. The van der Waals surface area contributed by atoms with Crippen LogP contribution in [0, 0.1) is 0 Å². The highest BCUT2D eigenvalue weighted by Crippen LogP contribution is 2.20. The maximum Gasteiger partial charge on any atom is 0.254 e. The standard InChI is InChI=1S/C14H19N3O3/c1-8(13(18)17-9-3-4-9)16-14(19)11-7-10(20-2)5-6-12(11)15/h5-9H,3-4,15H2,1-2H3,(H,16,19)(H,17,18). The Labute approximate surface area is 117 Å². The van der Waals surface area contributed by atoms with Gasteiger partial charge in [-0.3, -0.25) is 9.59 Å². The molecule has 0 radical (unpaired) electrons. The largest absolute Gasteiger partial charge is 0.497 e.